The van der Waals surface area contributed by atoms with Crippen LogP contribution in [-0.4, -0.2) is 91.5 Å². The summed E-state index contributed by atoms with van der Waals surface area (Å²) in [7, 11) is 0. The molecule has 0 amide bonds. The van der Waals surface area contributed by atoms with Gasteiger partial charge in [0.2, 0.25) is 0 Å². The van der Waals surface area contributed by atoms with E-state index in [1.165, 1.54) is 0 Å². The maximum Gasteiger partial charge on any atom is 0.167 e. The van der Waals surface area contributed by atoms with Gasteiger partial charge in [-0.2, -0.15) is 0 Å². The van der Waals surface area contributed by atoms with Gasteiger partial charge in [0.1, 0.15) is 5.75 Å². The second-order valence-electron chi connectivity index (χ2n) is 9.13. The number of nitrogen functional groups attached to an aromatic ring is 1. The fourth-order valence-electron chi connectivity index (χ4n) is 4.34. The van der Waals surface area contributed by atoms with Crippen LogP contribution in [0.3, 0.4) is 0 Å². The predicted octanol–water partition coefficient (Wildman–Crippen LogP) is 2.47. The van der Waals surface area contributed by atoms with Crippen LogP contribution in [0.2, 0.25) is 0 Å². The summed E-state index contributed by atoms with van der Waals surface area (Å²) >= 11 is 0. The number of benzene rings is 1. The molecule has 2 aliphatic heterocycles. The molecule has 0 atom stereocenters. The van der Waals surface area contributed by atoms with Crippen LogP contribution >= 0.6 is 0 Å². The van der Waals surface area contributed by atoms with Gasteiger partial charge in [0.15, 0.2) is 5.76 Å². The lowest BCUT2D eigenvalue weighted by Gasteiger charge is -2.36. The van der Waals surface area contributed by atoms with Crippen LogP contribution < -0.4 is 10.5 Å². The van der Waals surface area contributed by atoms with Gasteiger partial charge < -0.3 is 19.7 Å². The number of ether oxygens (including phenoxy) is 2. The van der Waals surface area contributed by atoms with Crippen LogP contribution in [0.1, 0.15) is 25.1 Å². The Kier molecular flexibility index (Phi) is 7.67. The van der Waals surface area contributed by atoms with Gasteiger partial charge in [0.05, 0.1) is 30.7 Å². The van der Waals surface area contributed by atoms with Gasteiger partial charge in [-0.05, 0) is 38.5 Å². The average Bonchev–Trinajstić information content (AvgIpc) is 3.24. The number of rotatable bonds is 8. The molecule has 3 heterocycles. The molecule has 2 aromatic rings. The summed E-state index contributed by atoms with van der Waals surface area (Å²) in [6.45, 7) is 17.3. The van der Waals surface area contributed by atoms with Crippen molar-refractivity contribution in [2.24, 2.45) is 0 Å². The first-order chi connectivity index (χ1) is 15.5. The van der Waals surface area contributed by atoms with E-state index < -0.39 is 0 Å². The van der Waals surface area contributed by atoms with Crippen molar-refractivity contribution in [3.63, 3.8) is 0 Å². The second-order valence-corrected chi connectivity index (χ2v) is 9.13. The van der Waals surface area contributed by atoms with Gasteiger partial charge in [0, 0.05) is 70.5 Å². The summed E-state index contributed by atoms with van der Waals surface area (Å²) in [6.07, 6.45) is 0.0827. The van der Waals surface area contributed by atoms with Crippen molar-refractivity contribution in [3.8, 4) is 17.1 Å². The van der Waals surface area contributed by atoms with Gasteiger partial charge in [-0.25, -0.2) is 0 Å². The highest BCUT2D eigenvalue weighted by atomic mass is 16.5. The molecular formula is C24H37N5O3. The Labute approximate surface area is 191 Å². The zero-order valence-corrected chi connectivity index (χ0v) is 19.7. The molecule has 2 saturated heterocycles. The number of nitrogens with two attached hydrogens (primary N) is 1. The number of aromatic nitrogens is 1. The van der Waals surface area contributed by atoms with Crippen LogP contribution in [0.5, 0.6) is 5.75 Å². The summed E-state index contributed by atoms with van der Waals surface area (Å²) in [5.41, 5.74) is 9.81. The minimum atomic E-state index is 0.0827. The van der Waals surface area contributed by atoms with Gasteiger partial charge >= 0.3 is 0 Å². The Morgan fingerprint density at radius 2 is 1.62 bits per heavy atom. The fraction of sp³-hybridized carbons (Fsp3) is 0.625. The largest absolute Gasteiger partial charge is 0.489 e. The lowest BCUT2D eigenvalue weighted by molar-refractivity contribution is 0.0296. The van der Waals surface area contributed by atoms with Crippen LogP contribution in [-0.2, 0) is 11.3 Å². The summed E-state index contributed by atoms with van der Waals surface area (Å²) < 4.78 is 16.9. The van der Waals surface area contributed by atoms with Crippen LogP contribution in [0.25, 0.3) is 11.3 Å². The molecule has 176 valence electrons. The van der Waals surface area contributed by atoms with E-state index in [1.807, 2.05) is 39.0 Å². The highest BCUT2D eigenvalue weighted by molar-refractivity contribution is 5.71. The highest BCUT2D eigenvalue weighted by Crippen LogP contribution is 2.33. The van der Waals surface area contributed by atoms with Crippen LogP contribution in [0, 0.1) is 6.92 Å². The Balaban J connectivity index is 1.28. The first kappa shape index (κ1) is 23.0. The van der Waals surface area contributed by atoms with Crippen molar-refractivity contribution >= 4 is 5.69 Å². The third kappa shape index (κ3) is 6.01. The molecule has 0 bridgehead atoms. The number of nitrogens with zero attached hydrogens (tertiary/aromatic N) is 4. The quantitative estimate of drug-likeness (QED) is 0.624. The summed E-state index contributed by atoms with van der Waals surface area (Å²) in [5.74, 6) is 1.47. The van der Waals surface area contributed by atoms with Crippen LogP contribution in [0.15, 0.2) is 22.7 Å². The Hall–Kier alpha value is -2.13. The van der Waals surface area contributed by atoms with Crippen molar-refractivity contribution in [3.05, 3.63) is 29.5 Å². The molecule has 0 spiro atoms. The predicted molar refractivity (Wildman–Crippen MR) is 126 cm³/mol. The Bertz CT molecular complexity index is 871. The number of hydrogen-bond donors (Lipinski definition) is 1. The fourth-order valence-corrected chi connectivity index (χ4v) is 4.34. The van der Waals surface area contributed by atoms with Gasteiger partial charge in [-0.3, -0.25) is 14.7 Å². The normalized spacial score (nSPS) is 19.0. The minimum absolute atomic E-state index is 0.0827. The third-order valence-electron chi connectivity index (χ3n) is 6.23. The molecule has 2 N–H and O–H groups in total. The molecule has 0 unspecified atom stereocenters. The Morgan fingerprint density at radius 3 is 2.31 bits per heavy atom. The summed E-state index contributed by atoms with van der Waals surface area (Å²) in [4.78, 5) is 7.52. The molecule has 8 heteroatoms. The molecule has 1 aromatic heterocycles. The van der Waals surface area contributed by atoms with Crippen LogP contribution in [0.4, 0.5) is 5.69 Å². The van der Waals surface area contributed by atoms with Gasteiger partial charge in [0.25, 0.3) is 0 Å². The van der Waals surface area contributed by atoms with E-state index in [9.17, 15) is 0 Å². The third-order valence-corrected chi connectivity index (χ3v) is 6.23. The lowest BCUT2D eigenvalue weighted by Crippen LogP contribution is -2.49. The number of anilines is 1. The molecule has 0 aliphatic carbocycles. The molecule has 2 fully saturated rings. The van der Waals surface area contributed by atoms with E-state index in [0.717, 1.165) is 94.7 Å². The van der Waals surface area contributed by atoms with E-state index in [2.05, 4.69) is 19.9 Å². The number of morpholine rings is 1. The van der Waals surface area contributed by atoms with Crippen molar-refractivity contribution in [2.75, 3.05) is 71.3 Å². The van der Waals surface area contributed by atoms with Crippen molar-refractivity contribution in [2.45, 2.75) is 33.4 Å². The molecule has 32 heavy (non-hydrogen) atoms. The molecule has 0 saturated carbocycles. The first-order valence-corrected chi connectivity index (χ1v) is 11.8. The maximum absolute atomic E-state index is 6.21. The number of piperazine rings is 1. The van der Waals surface area contributed by atoms with E-state index in [-0.39, 0.29) is 6.10 Å². The highest BCUT2D eigenvalue weighted by Gasteiger charge is 2.20. The topological polar surface area (TPSA) is 80.2 Å². The van der Waals surface area contributed by atoms with E-state index in [4.69, 9.17) is 19.7 Å². The van der Waals surface area contributed by atoms with E-state index in [0.29, 0.717) is 11.4 Å². The zero-order valence-electron chi connectivity index (χ0n) is 19.7. The second kappa shape index (κ2) is 10.7. The van der Waals surface area contributed by atoms with E-state index in [1.54, 1.807) is 0 Å². The maximum atomic E-state index is 6.21. The van der Waals surface area contributed by atoms with Crippen molar-refractivity contribution in [1.82, 2.24) is 19.9 Å². The smallest absolute Gasteiger partial charge is 0.167 e. The Morgan fingerprint density at radius 1 is 0.969 bits per heavy atom. The van der Waals surface area contributed by atoms with Crippen molar-refractivity contribution in [1.29, 1.82) is 0 Å². The molecular weight excluding hydrogens is 406 g/mol. The molecule has 1 aromatic carbocycles. The molecule has 2 aliphatic rings. The number of hydrogen-bond acceptors (Lipinski definition) is 8. The summed E-state index contributed by atoms with van der Waals surface area (Å²) in [6, 6.07) is 5.93. The average molecular weight is 444 g/mol. The van der Waals surface area contributed by atoms with Gasteiger partial charge in [-0.1, -0.05) is 5.16 Å². The summed E-state index contributed by atoms with van der Waals surface area (Å²) in [5, 5.41) is 4.32. The zero-order chi connectivity index (χ0) is 22.5. The standard InChI is InChI=1S/C24H37N5O3/c1-18(2)31-24-14-19(3)21(16-22(24)25)23-15-20(26-32-23)17-29-8-6-27(7-9-29)4-5-28-10-12-30-13-11-28/h14-16,18H,4-13,17,25H2,1-3H3. The van der Waals surface area contributed by atoms with Crippen molar-refractivity contribution < 1.29 is 14.0 Å². The monoisotopic (exact) mass is 443 g/mol. The number of aryl methyl sites for hydroxylation is 1. The van der Waals surface area contributed by atoms with E-state index >= 15 is 0 Å². The SMILES string of the molecule is Cc1cc(OC(C)C)c(N)cc1-c1cc(CN2CCN(CCN3CCOCC3)CC2)no1. The first-order valence-electron chi connectivity index (χ1n) is 11.8. The molecule has 0 radical (unpaired) electrons. The van der Waals surface area contributed by atoms with Gasteiger partial charge in [-0.15, -0.1) is 0 Å². The lowest BCUT2D eigenvalue weighted by atomic mass is 10.0. The minimum Gasteiger partial charge on any atom is -0.489 e. The molecule has 4 rings (SSSR count). The molecule has 8 nitrogen and oxygen atoms in total.